The van der Waals surface area contributed by atoms with Gasteiger partial charge in [0.05, 0.1) is 17.3 Å². The number of rotatable bonds is 6. The molecule has 0 spiro atoms. The van der Waals surface area contributed by atoms with Crippen LogP contribution in [0, 0.1) is 0 Å². The van der Waals surface area contributed by atoms with E-state index in [0.29, 0.717) is 0 Å². The van der Waals surface area contributed by atoms with Crippen molar-refractivity contribution in [2.45, 2.75) is 39.3 Å². The van der Waals surface area contributed by atoms with E-state index in [-0.39, 0.29) is 12.6 Å². The molecule has 0 fully saturated rings. The fourth-order valence-electron chi connectivity index (χ4n) is 1.30. The molecule has 3 nitrogen and oxygen atoms in total. The molecular weight excluding hydrogens is 208 g/mol. The Morgan fingerprint density at radius 3 is 2.93 bits per heavy atom. The fraction of sp³-hybridized carbons (Fsp3) is 0.727. The summed E-state index contributed by atoms with van der Waals surface area (Å²) in [7, 11) is 2.01. The van der Waals surface area contributed by atoms with Crippen molar-refractivity contribution in [3.63, 3.8) is 0 Å². The van der Waals surface area contributed by atoms with Crippen LogP contribution in [-0.4, -0.2) is 34.7 Å². The number of aryl methyl sites for hydroxylation is 1. The van der Waals surface area contributed by atoms with E-state index in [1.807, 2.05) is 14.0 Å². The molecule has 0 aliphatic rings. The minimum atomic E-state index is 0.196. The van der Waals surface area contributed by atoms with Crippen molar-refractivity contribution in [2.75, 3.05) is 13.7 Å². The predicted octanol–water partition coefficient (Wildman–Crippen LogP) is 1.91. The van der Waals surface area contributed by atoms with Crippen molar-refractivity contribution in [3.05, 3.63) is 16.1 Å². The highest BCUT2D eigenvalue weighted by atomic mass is 32.1. The Bertz CT molecular complexity index is 288. The van der Waals surface area contributed by atoms with Crippen LogP contribution in [0.2, 0.25) is 0 Å². The van der Waals surface area contributed by atoms with Gasteiger partial charge in [-0.3, -0.25) is 4.90 Å². The first-order valence-corrected chi connectivity index (χ1v) is 6.29. The molecule has 0 aliphatic carbocycles. The summed E-state index contributed by atoms with van der Waals surface area (Å²) in [5.41, 5.74) is 1.12. The topological polar surface area (TPSA) is 36.4 Å². The van der Waals surface area contributed by atoms with Crippen molar-refractivity contribution < 1.29 is 5.11 Å². The van der Waals surface area contributed by atoms with Crippen LogP contribution in [-0.2, 0) is 13.0 Å². The smallest absolute Gasteiger partial charge is 0.0928 e. The maximum absolute atomic E-state index is 9.01. The van der Waals surface area contributed by atoms with Crippen LogP contribution in [0.1, 0.15) is 31.0 Å². The van der Waals surface area contributed by atoms with Gasteiger partial charge in [0.25, 0.3) is 0 Å². The lowest BCUT2D eigenvalue weighted by Gasteiger charge is -2.21. The van der Waals surface area contributed by atoms with Gasteiger partial charge in [-0.05, 0) is 26.8 Å². The average Bonchev–Trinajstić information content (AvgIpc) is 2.65. The third kappa shape index (κ3) is 3.89. The summed E-state index contributed by atoms with van der Waals surface area (Å²) < 4.78 is 0. The van der Waals surface area contributed by atoms with Crippen LogP contribution < -0.4 is 0 Å². The normalized spacial score (nSPS) is 13.4. The van der Waals surface area contributed by atoms with E-state index in [1.54, 1.807) is 11.3 Å². The number of nitrogens with zero attached hydrogens (tertiary/aromatic N) is 2. The summed E-state index contributed by atoms with van der Waals surface area (Å²) in [4.78, 5) is 6.67. The summed E-state index contributed by atoms with van der Waals surface area (Å²) >= 11 is 1.74. The molecule has 1 heterocycles. The molecule has 0 saturated carbocycles. The Morgan fingerprint density at radius 1 is 1.60 bits per heavy atom. The maximum Gasteiger partial charge on any atom is 0.0928 e. The zero-order chi connectivity index (χ0) is 11.3. The lowest BCUT2D eigenvalue weighted by Crippen LogP contribution is -2.31. The highest BCUT2D eigenvalue weighted by Crippen LogP contribution is 2.13. The molecule has 4 heteroatoms. The first kappa shape index (κ1) is 12.6. The third-order valence-corrected chi connectivity index (χ3v) is 3.45. The van der Waals surface area contributed by atoms with Gasteiger partial charge in [0, 0.05) is 18.0 Å². The van der Waals surface area contributed by atoms with Crippen molar-refractivity contribution in [1.82, 2.24) is 9.88 Å². The summed E-state index contributed by atoms with van der Waals surface area (Å²) in [6.45, 7) is 5.20. The van der Waals surface area contributed by atoms with Crippen molar-refractivity contribution in [2.24, 2.45) is 0 Å². The van der Waals surface area contributed by atoms with E-state index >= 15 is 0 Å². The fourth-order valence-corrected chi connectivity index (χ4v) is 2.19. The molecule has 1 aromatic heterocycles. The average molecular weight is 228 g/mol. The van der Waals surface area contributed by atoms with E-state index in [4.69, 9.17) is 5.11 Å². The first-order valence-electron chi connectivity index (χ1n) is 5.41. The highest BCUT2D eigenvalue weighted by molar-refractivity contribution is 7.09. The van der Waals surface area contributed by atoms with Gasteiger partial charge in [-0.1, -0.05) is 6.92 Å². The number of aliphatic hydroxyl groups is 1. The minimum Gasteiger partial charge on any atom is -0.395 e. The number of thiazole rings is 1. The monoisotopic (exact) mass is 228 g/mol. The van der Waals surface area contributed by atoms with Gasteiger partial charge >= 0.3 is 0 Å². The Labute approximate surface area is 95.8 Å². The Kier molecular flexibility index (Phi) is 5.22. The molecule has 15 heavy (non-hydrogen) atoms. The molecule has 0 bridgehead atoms. The molecule has 0 radical (unpaired) electrons. The quantitative estimate of drug-likeness (QED) is 0.808. The van der Waals surface area contributed by atoms with E-state index in [0.717, 1.165) is 25.1 Å². The largest absolute Gasteiger partial charge is 0.395 e. The number of aliphatic hydroxyl groups excluding tert-OH is 1. The van der Waals surface area contributed by atoms with Crippen molar-refractivity contribution >= 4 is 11.3 Å². The van der Waals surface area contributed by atoms with Gasteiger partial charge in [0.15, 0.2) is 0 Å². The number of likely N-dealkylation sites (N-methyl/N-ethyl adjacent to an activating group) is 1. The predicted molar refractivity (Wildman–Crippen MR) is 64.1 cm³/mol. The molecule has 0 aliphatic heterocycles. The summed E-state index contributed by atoms with van der Waals surface area (Å²) in [6, 6.07) is 0.196. The Balaban J connectivity index is 2.49. The molecule has 0 amide bonds. The molecule has 1 unspecified atom stereocenters. The van der Waals surface area contributed by atoms with Crippen LogP contribution in [0.5, 0.6) is 0 Å². The lowest BCUT2D eigenvalue weighted by molar-refractivity contribution is 0.153. The van der Waals surface area contributed by atoms with Gasteiger partial charge < -0.3 is 5.11 Å². The second kappa shape index (κ2) is 6.20. The summed E-state index contributed by atoms with van der Waals surface area (Å²) in [5, 5.41) is 12.3. The maximum atomic E-state index is 9.01. The summed E-state index contributed by atoms with van der Waals surface area (Å²) in [5.74, 6) is 0. The zero-order valence-electron chi connectivity index (χ0n) is 9.73. The van der Waals surface area contributed by atoms with Crippen LogP contribution in [0.4, 0.5) is 0 Å². The standard InChI is InChI=1S/C11H20N2OS/c1-4-5-11-12-10(8-15-11)6-13(3)9(2)7-14/h8-9,14H,4-7H2,1-3H3. The molecule has 0 aromatic carbocycles. The van der Waals surface area contributed by atoms with Gasteiger partial charge in [0.2, 0.25) is 0 Å². The number of aromatic nitrogens is 1. The SMILES string of the molecule is CCCc1nc(CN(C)C(C)CO)cs1. The van der Waals surface area contributed by atoms with Crippen molar-refractivity contribution in [3.8, 4) is 0 Å². The van der Waals surface area contributed by atoms with Crippen LogP contribution >= 0.6 is 11.3 Å². The third-order valence-electron chi connectivity index (χ3n) is 2.49. The Morgan fingerprint density at radius 2 is 2.33 bits per heavy atom. The lowest BCUT2D eigenvalue weighted by atomic mass is 10.3. The molecule has 1 rings (SSSR count). The van der Waals surface area contributed by atoms with Crippen molar-refractivity contribution in [1.29, 1.82) is 0 Å². The van der Waals surface area contributed by atoms with Crippen LogP contribution in [0.25, 0.3) is 0 Å². The minimum absolute atomic E-state index is 0.196. The first-order chi connectivity index (χ1) is 7.17. The second-order valence-corrected chi connectivity index (χ2v) is 4.87. The zero-order valence-corrected chi connectivity index (χ0v) is 10.5. The van der Waals surface area contributed by atoms with Gasteiger partial charge in [-0.2, -0.15) is 0 Å². The van der Waals surface area contributed by atoms with Gasteiger partial charge in [-0.15, -0.1) is 11.3 Å². The van der Waals surface area contributed by atoms with E-state index in [9.17, 15) is 0 Å². The van der Waals surface area contributed by atoms with E-state index in [2.05, 4.69) is 22.2 Å². The molecular formula is C11H20N2OS. The molecule has 86 valence electrons. The van der Waals surface area contributed by atoms with Crippen LogP contribution in [0.15, 0.2) is 5.38 Å². The van der Waals surface area contributed by atoms with Gasteiger partial charge in [-0.25, -0.2) is 4.98 Å². The van der Waals surface area contributed by atoms with Gasteiger partial charge in [0.1, 0.15) is 0 Å². The molecule has 1 N–H and O–H groups in total. The number of hydrogen-bond acceptors (Lipinski definition) is 4. The molecule has 0 saturated heterocycles. The Hall–Kier alpha value is -0.450. The van der Waals surface area contributed by atoms with E-state index < -0.39 is 0 Å². The van der Waals surface area contributed by atoms with Crippen LogP contribution in [0.3, 0.4) is 0 Å². The molecule has 1 atom stereocenters. The molecule has 1 aromatic rings. The second-order valence-electron chi connectivity index (χ2n) is 3.93. The highest BCUT2D eigenvalue weighted by Gasteiger charge is 2.10. The number of hydrogen-bond donors (Lipinski definition) is 1. The summed E-state index contributed by atoms with van der Waals surface area (Å²) in [6.07, 6.45) is 2.22. The van der Waals surface area contributed by atoms with E-state index in [1.165, 1.54) is 5.01 Å².